The molecule has 0 saturated carbocycles. The Morgan fingerprint density at radius 3 is 2.76 bits per heavy atom. The number of aromatic nitrogens is 3. The van der Waals surface area contributed by atoms with Gasteiger partial charge in [0.25, 0.3) is 0 Å². The van der Waals surface area contributed by atoms with Crippen molar-refractivity contribution in [2.75, 3.05) is 12.3 Å². The van der Waals surface area contributed by atoms with E-state index in [1.54, 1.807) is 0 Å². The Morgan fingerprint density at radius 1 is 1.43 bits per heavy atom. The van der Waals surface area contributed by atoms with Gasteiger partial charge in [-0.15, -0.1) is 0 Å². The number of aldehydes is 1. The molecule has 0 aromatic carbocycles. The molecule has 0 unspecified atom stereocenters. The predicted octanol–water partition coefficient (Wildman–Crippen LogP) is 2.79. The smallest absolute Gasteiger partial charge is 0.152 e. The van der Waals surface area contributed by atoms with Crippen LogP contribution in [0, 0.1) is 0 Å². The van der Waals surface area contributed by atoms with Gasteiger partial charge in [0.15, 0.2) is 12.1 Å². The number of nitrogens with zero attached hydrogens (tertiary/aromatic N) is 3. The van der Waals surface area contributed by atoms with Gasteiger partial charge < -0.3 is 10.5 Å². The van der Waals surface area contributed by atoms with Crippen LogP contribution in [0.4, 0.5) is 5.82 Å². The van der Waals surface area contributed by atoms with Gasteiger partial charge in [-0.2, -0.15) is 5.10 Å². The Labute approximate surface area is 129 Å². The van der Waals surface area contributed by atoms with Crippen molar-refractivity contribution in [2.24, 2.45) is 0 Å². The summed E-state index contributed by atoms with van der Waals surface area (Å²) in [5.74, 6) is 0.351. The molecular formula is C13H19ClN4O2Si. The molecule has 0 bridgehead atoms. The molecule has 0 aliphatic heterocycles. The van der Waals surface area contributed by atoms with Crippen LogP contribution in [0.2, 0.25) is 30.8 Å². The Kier molecular flexibility index (Phi) is 4.65. The second kappa shape index (κ2) is 6.13. The highest BCUT2D eigenvalue weighted by Gasteiger charge is 2.15. The van der Waals surface area contributed by atoms with Crippen LogP contribution in [0.3, 0.4) is 0 Å². The van der Waals surface area contributed by atoms with Crippen molar-refractivity contribution in [3.63, 3.8) is 0 Å². The molecule has 2 heterocycles. The third-order valence-corrected chi connectivity index (χ3v) is 4.97. The van der Waals surface area contributed by atoms with E-state index in [0.29, 0.717) is 35.3 Å². The summed E-state index contributed by atoms with van der Waals surface area (Å²) >= 11 is 5.87. The van der Waals surface area contributed by atoms with Crippen molar-refractivity contribution < 1.29 is 9.53 Å². The van der Waals surface area contributed by atoms with Gasteiger partial charge in [-0.25, -0.2) is 9.67 Å². The molecule has 2 aromatic heterocycles. The molecule has 0 atom stereocenters. The maximum Gasteiger partial charge on any atom is 0.152 e. The van der Waals surface area contributed by atoms with Crippen LogP contribution >= 0.6 is 11.6 Å². The van der Waals surface area contributed by atoms with Gasteiger partial charge >= 0.3 is 0 Å². The fraction of sp³-hybridized carbons (Fsp3) is 0.462. The number of halogens is 1. The van der Waals surface area contributed by atoms with E-state index in [2.05, 4.69) is 29.7 Å². The van der Waals surface area contributed by atoms with Crippen LogP contribution in [0.5, 0.6) is 0 Å². The zero-order valence-electron chi connectivity index (χ0n) is 12.4. The standard InChI is InChI=1S/C13H19ClN4O2Si/c1-21(2,3)5-4-20-8-18-13(15)12-11(17-18)9(7-19)6-10(14)16-12/h6-7H,4-5,8,15H2,1-3H3. The first-order valence-electron chi connectivity index (χ1n) is 6.67. The van der Waals surface area contributed by atoms with E-state index in [9.17, 15) is 4.79 Å². The van der Waals surface area contributed by atoms with E-state index in [1.807, 2.05) is 0 Å². The van der Waals surface area contributed by atoms with Crippen molar-refractivity contribution in [1.29, 1.82) is 0 Å². The lowest BCUT2D eigenvalue weighted by Gasteiger charge is -2.15. The molecule has 0 amide bonds. The number of hydrogen-bond acceptors (Lipinski definition) is 5. The van der Waals surface area contributed by atoms with Gasteiger partial charge in [0, 0.05) is 20.2 Å². The topological polar surface area (TPSA) is 83.0 Å². The highest BCUT2D eigenvalue weighted by Crippen LogP contribution is 2.24. The van der Waals surface area contributed by atoms with E-state index in [-0.39, 0.29) is 11.9 Å². The first-order valence-corrected chi connectivity index (χ1v) is 10.8. The predicted molar refractivity (Wildman–Crippen MR) is 86.4 cm³/mol. The van der Waals surface area contributed by atoms with Crippen LogP contribution in [-0.2, 0) is 11.5 Å². The highest BCUT2D eigenvalue weighted by atomic mass is 35.5. The molecule has 0 saturated heterocycles. The molecule has 21 heavy (non-hydrogen) atoms. The van der Waals surface area contributed by atoms with Crippen LogP contribution in [0.1, 0.15) is 10.4 Å². The minimum Gasteiger partial charge on any atom is -0.382 e. The second-order valence-corrected chi connectivity index (χ2v) is 12.1. The fourth-order valence-corrected chi connectivity index (χ4v) is 2.78. The molecule has 2 rings (SSSR count). The summed E-state index contributed by atoms with van der Waals surface area (Å²) in [6.07, 6.45) is 0.693. The van der Waals surface area contributed by atoms with E-state index in [1.165, 1.54) is 10.7 Å². The first-order chi connectivity index (χ1) is 9.81. The van der Waals surface area contributed by atoms with Crippen LogP contribution < -0.4 is 5.73 Å². The highest BCUT2D eigenvalue weighted by molar-refractivity contribution is 6.76. The Balaban J connectivity index is 2.18. The van der Waals surface area contributed by atoms with E-state index >= 15 is 0 Å². The van der Waals surface area contributed by atoms with Crippen LogP contribution in [0.15, 0.2) is 6.07 Å². The zero-order chi connectivity index (χ0) is 15.6. The molecule has 2 N–H and O–H groups in total. The number of carbonyl (C=O) groups excluding carboxylic acids is 1. The minimum absolute atomic E-state index is 0.218. The molecule has 0 fully saturated rings. The quantitative estimate of drug-likeness (QED) is 0.382. The number of anilines is 1. The molecule has 0 radical (unpaired) electrons. The summed E-state index contributed by atoms with van der Waals surface area (Å²) in [5, 5.41) is 4.50. The SMILES string of the molecule is C[Si](C)(C)CCOCn1nc2c(C=O)cc(Cl)nc2c1N. The van der Waals surface area contributed by atoms with Gasteiger partial charge in [-0.05, 0) is 12.1 Å². The van der Waals surface area contributed by atoms with E-state index in [0.717, 1.165) is 6.04 Å². The third kappa shape index (κ3) is 3.81. The average Bonchev–Trinajstić information content (AvgIpc) is 2.70. The summed E-state index contributed by atoms with van der Waals surface area (Å²) in [6, 6.07) is 2.54. The van der Waals surface area contributed by atoms with Crippen molar-refractivity contribution in [3.05, 3.63) is 16.8 Å². The lowest BCUT2D eigenvalue weighted by molar-refractivity contribution is 0.0806. The number of pyridine rings is 1. The van der Waals surface area contributed by atoms with Crippen molar-refractivity contribution in [3.8, 4) is 0 Å². The summed E-state index contributed by atoms with van der Waals surface area (Å²) in [7, 11) is -1.13. The van der Waals surface area contributed by atoms with E-state index in [4.69, 9.17) is 22.1 Å². The molecule has 0 aliphatic carbocycles. The summed E-state index contributed by atoms with van der Waals surface area (Å²) in [4.78, 5) is 15.2. The number of rotatable bonds is 6. The molecule has 114 valence electrons. The van der Waals surface area contributed by atoms with Crippen molar-refractivity contribution >= 4 is 42.8 Å². The number of hydrogen-bond donors (Lipinski definition) is 1. The summed E-state index contributed by atoms with van der Waals surface area (Å²) in [6.45, 7) is 7.77. The lowest BCUT2D eigenvalue weighted by Crippen LogP contribution is -2.22. The number of nitrogens with two attached hydrogens (primary N) is 1. The Morgan fingerprint density at radius 2 is 2.14 bits per heavy atom. The number of carbonyl (C=O) groups is 1. The lowest BCUT2D eigenvalue weighted by atomic mass is 10.2. The molecule has 0 aliphatic rings. The van der Waals surface area contributed by atoms with Crippen molar-refractivity contribution in [2.45, 2.75) is 32.4 Å². The third-order valence-electron chi connectivity index (χ3n) is 3.07. The average molecular weight is 327 g/mol. The van der Waals surface area contributed by atoms with Crippen molar-refractivity contribution in [1.82, 2.24) is 14.8 Å². The first kappa shape index (κ1) is 15.9. The van der Waals surface area contributed by atoms with Gasteiger partial charge in [-0.3, -0.25) is 4.79 Å². The Hall–Kier alpha value is -1.44. The maximum absolute atomic E-state index is 11.1. The van der Waals surface area contributed by atoms with Gasteiger partial charge in [0.05, 0.1) is 0 Å². The molecule has 0 spiro atoms. The largest absolute Gasteiger partial charge is 0.382 e. The number of ether oxygens (including phenoxy) is 1. The summed E-state index contributed by atoms with van der Waals surface area (Å²) in [5.41, 5.74) is 7.24. The van der Waals surface area contributed by atoms with Gasteiger partial charge in [-0.1, -0.05) is 31.2 Å². The molecule has 6 nitrogen and oxygen atoms in total. The number of nitrogen functional groups attached to an aromatic ring is 1. The molecular weight excluding hydrogens is 308 g/mol. The normalized spacial score (nSPS) is 12.0. The van der Waals surface area contributed by atoms with Crippen LogP contribution in [-0.4, -0.2) is 35.7 Å². The fourth-order valence-electron chi connectivity index (χ4n) is 1.82. The monoisotopic (exact) mass is 326 g/mol. The van der Waals surface area contributed by atoms with Gasteiger partial charge in [0.1, 0.15) is 22.9 Å². The second-order valence-electron chi connectivity index (χ2n) is 6.08. The Bertz CT molecular complexity index is 666. The number of fused-ring (bicyclic) bond motifs is 1. The molecule has 8 heteroatoms. The summed E-state index contributed by atoms with van der Waals surface area (Å²) < 4.78 is 7.12. The van der Waals surface area contributed by atoms with Crippen LogP contribution in [0.25, 0.3) is 11.0 Å². The minimum atomic E-state index is -1.13. The maximum atomic E-state index is 11.1. The van der Waals surface area contributed by atoms with E-state index < -0.39 is 8.07 Å². The zero-order valence-corrected chi connectivity index (χ0v) is 14.1. The van der Waals surface area contributed by atoms with Gasteiger partial charge in [0.2, 0.25) is 0 Å². The molecule has 2 aromatic rings.